The highest BCUT2D eigenvalue weighted by molar-refractivity contribution is 6.33. The lowest BCUT2D eigenvalue weighted by Crippen LogP contribution is -2.44. The molecule has 0 unspecified atom stereocenters. The molecule has 4 N–H and O–H groups in total. The van der Waals surface area contributed by atoms with Crippen molar-refractivity contribution in [2.24, 2.45) is 11.7 Å². The molecule has 2 atom stereocenters. The van der Waals surface area contributed by atoms with Gasteiger partial charge in [0.2, 0.25) is 17.8 Å². The van der Waals surface area contributed by atoms with Gasteiger partial charge in [0.15, 0.2) is 5.65 Å². The number of carbonyl (C=O) groups is 1. The van der Waals surface area contributed by atoms with Gasteiger partial charge in [0.05, 0.1) is 40.7 Å². The molecule has 2 aromatic heterocycles. The molecule has 0 radical (unpaired) electrons. The molecule has 0 bridgehead atoms. The Labute approximate surface area is 224 Å². The Morgan fingerprint density at radius 3 is 2.63 bits per heavy atom. The number of aliphatic hydroxyl groups is 1. The Balaban J connectivity index is 1.56. The first-order valence-corrected chi connectivity index (χ1v) is 13.3. The normalized spacial score (nSPS) is 23.7. The minimum atomic E-state index is -0.678. The number of carbonyl (C=O) groups excluding carboxylic acids is 1. The number of benzene rings is 1. The number of nitrogens with zero attached hydrogens (tertiary/aromatic N) is 6. The fourth-order valence-electron chi connectivity index (χ4n) is 5.67. The van der Waals surface area contributed by atoms with Crippen LogP contribution >= 0.6 is 11.6 Å². The van der Waals surface area contributed by atoms with Crippen LogP contribution in [0.25, 0.3) is 11.2 Å². The van der Waals surface area contributed by atoms with E-state index in [1.165, 1.54) is 6.07 Å². The smallest absolute Gasteiger partial charge is 0.227 e. The summed E-state index contributed by atoms with van der Waals surface area (Å²) in [6.45, 7) is 0. The van der Waals surface area contributed by atoms with Crippen molar-refractivity contribution in [1.82, 2.24) is 19.5 Å². The van der Waals surface area contributed by atoms with Crippen LogP contribution < -0.4 is 16.0 Å². The minimum absolute atomic E-state index is 0.00340. The third kappa shape index (κ3) is 4.98. The van der Waals surface area contributed by atoms with E-state index in [1.807, 2.05) is 22.6 Å². The van der Waals surface area contributed by atoms with Gasteiger partial charge in [-0.1, -0.05) is 24.4 Å². The average molecular weight is 541 g/mol. The number of fused-ring (bicyclic) bond motifs is 1. The summed E-state index contributed by atoms with van der Waals surface area (Å²) < 4.78 is 16.8. The molecule has 2 heterocycles. The predicted molar refractivity (Wildman–Crippen MR) is 142 cm³/mol. The number of imidazole rings is 1. The van der Waals surface area contributed by atoms with Gasteiger partial charge in [0.1, 0.15) is 11.3 Å². The maximum Gasteiger partial charge on any atom is 0.227 e. The molecule has 10 nitrogen and oxygen atoms in total. The summed E-state index contributed by atoms with van der Waals surface area (Å²) in [4.78, 5) is 27.7. The molecular formula is C26H30ClFN8O2. The second-order valence-corrected chi connectivity index (χ2v) is 10.6. The number of hydrogen-bond acceptors (Lipinski definition) is 8. The van der Waals surface area contributed by atoms with E-state index in [4.69, 9.17) is 27.6 Å². The Morgan fingerprint density at radius 2 is 1.97 bits per heavy atom. The first kappa shape index (κ1) is 26.1. The highest BCUT2D eigenvalue weighted by Crippen LogP contribution is 2.38. The molecule has 2 fully saturated rings. The number of aromatic nitrogens is 4. The van der Waals surface area contributed by atoms with E-state index in [-0.39, 0.29) is 40.2 Å². The highest BCUT2D eigenvalue weighted by Gasteiger charge is 2.31. The third-order valence-corrected chi connectivity index (χ3v) is 8.10. The number of aliphatic hydroxyl groups excluding tert-OH is 1. The summed E-state index contributed by atoms with van der Waals surface area (Å²) in [7, 11) is 1.88. The van der Waals surface area contributed by atoms with Crippen molar-refractivity contribution in [3.8, 4) is 6.07 Å². The number of nitrogens with one attached hydrogen (secondary N) is 1. The van der Waals surface area contributed by atoms with Gasteiger partial charge in [0.25, 0.3) is 0 Å². The predicted octanol–water partition coefficient (Wildman–Crippen LogP) is 4.19. The summed E-state index contributed by atoms with van der Waals surface area (Å²) in [5, 5.41) is 22.8. The number of likely N-dealkylation sites (N-methyl/N-ethyl adjacent to an activating group) is 1. The number of nitrogens with two attached hydrogens (primary N) is 1. The van der Waals surface area contributed by atoms with Crippen LogP contribution in [-0.2, 0) is 4.79 Å². The van der Waals surface area contributed by atoms with Gasteiger partial charge in [0, 0.05) is 19.0 Å². The SMILES string of the molecule is CN(c1ncc2nc(Nc3c(F)cc(C#N)cc3Cl)n([C@H]3CC[C@H](C(N)=O)CC3)c2n1)[C@H]1CCCC[C@@H]1O. The number of nitriles is 1. The molecule has 3 aromatic rings. The zero-order valence-electron chi connectivity index (χ0n) is 21.1. The molecule has 200 valence electrons. The van der Waals surface area contributed by atoms with E-state index >= 15 is 0 Å². The molecule has 5 rings (SSSR count). The number of anilines is 3. The lowest BCUT2D eigenvalue weighted by atomic mass is 9.85. The second-order valence-electron chi connectivity index (χ2n) is 10.2. The minimum Gasteiger partial charge on any atom is -0.391 e. The Morgan fingerprint density at radius 1 is 1.24 bits per heavy atom. The van der Waals surface area contributed by atoms with Gasteiger partial charge in [-0.25, -0.2) is 14.4 Å². The van der Waals surface area contributed by atoms with E-state index in [0.29, 0.717) is 48.7 Å². The molecule has 0 spiro atoms. The summed E-state index contributed by atoms with van der Waals surface area (Å²) in [6.07, 6.45) is 7.34. The van der Waals surface area contributed by atoms with Crippen molar-refractivity contribution in [2.45, 2.75) is 69.6 Å². The van der Waals surface area contributed by atoms with Crippen LogP contribution in [0.5, 0.6) is 0 Å². The zero-order valence-corrected chi connectivity index (χ0v) is 21.8. The monoisotopic (exact) mass is 540 g/mol. The van der Waals surface area contributed by atoms with Crippen LogP contribution in [0.2, 0.25) is 5.02 Å². The largest absolute Gasteiger partial charge is 0.391 e. The average Bonchev–Trinajstić information content (AvgIpc) is 3.27. The lowest BCUT2D eigenvalue weighted by molar-refractivity contribution is -0.122. The zero-order chi connectivity index (χ0) is 27.0. The van der Waals surface area contributed by atoms with Crippen LogP contribution in [0, 0.1) is 23.1 Å². The van der Waals surface area contributed by atoms with Gasteiger partial charge in [-0.3, -0.25) is 9.36 Å². The first-order valence-electron chi connectivity index (χ1n) is 12.9. The molecule has 2 saturated carbocycles. The summed E-state index contributed by atoms with van der Waals surface area (Å²) in [6, 6.07) is 4.23. The summed E-state index contributed by atoms with van der Waals surface area (Å²) in [5.41, 5.74) is 6.73. The van der Waals surface area contributed by atoms with Gasteiger partial charge >= 0.3 is 0 Å². The van der Waals surface area contributed by atoms with Gasteiger partial charge in [-0.05, 0) is 50.7 Å². The number of halogens is 2. The molecule has 12 heteroatoms. The van der Waals surface area contributed by atoms with Gasteiger partial charge < -0.3 is 21.1 Å². The fourth-order valence-corrected chi connectivity index (χ4v) is 5.92. The molecule has 1 aromatic carbocycles. The van der Waals surface area contributed by atoms with Crippen molar-refractivity contribution in [1.29, 1.82) is 5.26 Å². The molecule has 1 amide bonds. The van der Waals surface area contributed by atoms with E-state index in [0.717, 1.165) is 31.7 Å². The number of primary amides is 1. The molecular weight excluding hydrogens is 511 g/mol. The van der Waals surface area contributed by atoms with Crippen molar-refractivity contribution < 1.29 is 14.3 Å². The standard InChI is InChI=1S/C26H30ClFN8O2/c1-35(20-4-2-3-5-21(20)37)25-31-13-19-24(34-25)36(16-8-6-15(7-9-16)23(30)38)26(32-19)33-22-17(27)10-14(12-29)11-18(22)28/h10-11,13,15-16,20-21,37H,2-9H2,1H3,(H2,30,38)(H,32,33)/t15-,16-,20-,21-/m0/s1. The van der Waals surface area contributed by atoms with E-state index in [9.17, 15) is 14.3 Å². The summed E-state index contributed by atoms with van der Waals surface area (Å²) in [5.74, 6) is -0.375. The Hall–Kier alpha value is -3.49. The molecule has 0 aliphatic heterocycles. The highest BCUT2D eigenvalue weighted by atomic mass is 35.5. The number of rotatable bonds is 6. The van der Waals surface area contributed by atoms with Crippen molar-refractivity contribution in [2.75, 3.05) is 17.3 Å². The van der Waals surface area contributed by atoms with Crippen LogP contribution in [0.1, 0.15) is 63.0 Å². The van der Waals surface area contributed by atoms with E-state index in [2.05, 4.69) is 15.3 Å². The van der Waals surface area contributed by atoms with Gasteiger partial charge in [-0.15, -0.1) is 0 Å². The van der Waals surface area contributed by atoms with E-state index in [1.54, 1.807) is 6.20 Å². The Kier molecular flexibility index (Phi) is 7.36. The Bertz CT molecular complexity index is 1370. The molecule has 2 aliphatic rings. The van der Waals surface area contributed by atoms with Crippen LogP contribution in [0.4, 0.5) is 22.0 Å². The van der Waals surface area contributed by atoms with Crippen molar-refractivity contribution >= 4 is 46.3 Å². The number of amides is 1. The van der Waals surface area contributed by atoms with E-state index < -0.39 is 11.9 Å². The topological polar surface area (TPSA) is 146 Å². The second kappa shape index (κ2) is 10.7. The fraction of sp³-hybridized carbons (Fsp3) is 0.500. The van der Waals surface area contributed by atoms with Crippen LogP contribution in [0.15, 0.2) is 18.3 Å². The van der Waals surface area contributed by atoms with Crippen LogP contribution in [0.3, 0.4) is 0 Å². The van der Waals surface area contributed by atoms with Crippen molar-refractivity contribution in [3.63, 3.8) is 0 Å². The molecule has 38 heavy (non-hydrogen) atoms. The first-order chi connectivity index (χ1) is 18.3. The maximum atomic E-state index is 14.9. The van der Waals surface area contributed by atoms with Crippen LogP contribution in [-0.4, -0.2) is 49.7 Å². The molecule has 2 aliphatic carbocycles. The lowest BCUT2D eigenvalue weighted by Gasteiger charge is -2.35. The van der Waals surface area contributed by atoms with Crippen molar-refractivity contribution in [3.05, 3.63) is 34.7 Å². The number of hydrogen-bond donors (Lipinski definition) is 3. The maximum absolute atomic E-state index is 14.9. The quantitative estimate of drug-likeness (QED) is 0.422. The third-order valence-electron chi connectivity index (χ3n) is 7.80. The summed E-state index contributed by atoms with van der Waals surface area (Å²) >= 11 is 6.32. The molecule has 0 saturated heterocycles. The van der Waals surface area contributed by atoms with Gasteiger partial charge in [-0.2, -0.15) is 10.2 Å².